The van der Waals surface area contributed by atoms with Crippen LogP contribution in [0.5, 0.6) is 0 Å². The Balaban J connectivity index is 1.88. The molecule has 3 aromatic carbocycles. The number of fused-ring (bicyclic) bond motifs is 2. The lowest BCUT2D eigenvalue weighted by molar-refractivity contribution is -0.255. The molecule has 0 saturated carbocycles. The number of carbonyl (C=O) groups is 2. The molecule has 4 nitrogen and oxygen atoms in total. The number of hydrogen-bond acceptors (Lipinski definition) is 4. The zero-order chi connectivity index (χ0) is 19.8. The lowest BCUT2D eigenvalue weighted by atomic mass is 10.1. The molecule has 1 heterocycles. The topological polar surface area (TPSA) is 60.4 Å². The van der Waals surface area contributed by atoms with Crippen molar-refractivity contribution in [1.29, 1.82) is 0 Å². The zero-order valence-corrected chi connectivity index (χ0v) is 15.9. The van der Waals surface area contributed by atoms with Crippen LogP contribution in [0.25, 0.3) is 0 Å². The highest BCUT2D eigenvalue weighted by Crippen LogP contribution is 2.42. The van der Waals surface area contributed by atoms with Crippen LogP contribution in [0.1, 0.15) is 26.3 Å². The third-order valence-electron chi connectivity index (χ3n) is 4.41. The largest absolute Gasteiger partial charge is 0.545 e. The van der Waals surface area contributed by atoms with E-state index >= 15 is 0 Å². The summed E-state index contributed by atoms with van der Waals surface area (Å²) in [5.41, 5.74) is 1.45. The summed E-state index contributed by atoms with van der Waals surface area (Å²) in [6, 6.07) is 15.6. The summed E-state index contributed by atoms with van der Waals surface area (Å²) in [4.78, 5) is 27.6. The highest BCUT2D eigenvalue weighted by molar-refractivity contribution is 7.99. The van der Waals surface area contributed by atoms with E-state index in [1.165, 1.54) is 47.0 Å². The Bertz CT molecular complexity index is 1120. The van der Waals surface area contributed by atoms with Crippen LogP contribution in [-0.2, 0) is 6.54 Å². The van der Waals surface area contributed by atoms with Gasteiger partial charge in [0.15, 0.2) is 0 Å². The van der Waals surface area contributed by atoms with Gasteiger partial charge < -0.3 is 14.8 Å². The van der Waals surface area contributed by atoms with E-state index in [1.54, 1.807) is 18.2 Å². The normalized spacial score (nSPS) is 12.9. The molecule has 0 fully saturated rings. The van der Waals surface area contributed by atoms with E-state index in [1.807, 2.05) is 12.1 Å². The van der Waals surface area contributed by atoms with Crippen LogP contribution in [0.3, 0.4) is 0 Å². The van der Waals surface area contributed by atoms with Gasteiger partial charge in [0, 0.05) is 14.8 Å². The minimum absolute atomic E-state index is 0.0340. The Morgan fingerprint density at radius 3 is 2.61 bits per heavy atom. The molecule has 140 valence electrons. The first-order valence-corrected chi connectivity index (χ1v) is 9.51. The quantitative estimate of drug-likeness (QED) is 0.648. The summed E-state index contributed by atoms with van der Waals surface area (Å²) in [6.45, 7) is 0.0658. The molecule has 1 amide bonds. The number of carbonyl (C=O) groups excluding carboxylic acids is 2. The molecule has 0 atom stereocenters. The SMILES string of the molecule is O=C([O-])c1ccc2c(c1)N(Cc1ccc(F)cc1Cl)C(=O)c1ccccc1S2. The number of nitrogens with zero attached hydrogens (tertiary/aromatic N) is 1. The van der Waals surface area contributed by atoms with E-state index in [2.05, 4.69) is 0 Å². The maximum atomic E-state index is 13.4. The third-order valence-corrected chi connectivity index (χ3v) is 5.90. The van der Waals surface area contributed by atoms with Crippen LogP contribution in [0.15, 0.2) is 70.5 Å². The summed E-state index contributed by atoms with van der Waals surface area (Å²) >= 11 is 7.54. The maximum Gasteiger partial charge on any atom is 0.259 e. The van der Waals surface area contributed by atoms with E-state index in [0.29, 0.717) is 16.8 Å². The number of anilines is 1. The molecule has 0 radical (unpaired) electrons. The fourth-order valence-electron chi connectivity index (χ4n) is 3.02. The lowest BCUT2D eigenvalue weighted by Crippen LogP contribution is -2.31. The van der Waals surface area contributed by atoms with Crippen LogP contribution >= 0.6 is 23.4 Å². The minimum atomic E-state index is -1.33. The molecule has 7 heteroatoms. The monoisotopic (exact) mass is 412 g/mol. The van der Waals surface area contributed by atoms with Crippen LogP contribution in [0.2, 0.25) is 5.02 Å². The van der Waals surface area contributed by atoms with Gasteiger partial charge in [0.1, 0.15) is 5.82 Å². The second-order valence-electron chi connectivity index (χ2n) is 6.20. The standard InChI is InChI=1S/C21H13ClFNO3S/c22-16-10-14(23)7-5-13(16)11-24-17-9-12(21(26)27)6-8-19(17)28-18-4-2-1-3-15(18)20(24)25/h1-10H,11H2,(H,26,27)/p-1. The van der Waals surface area contributed by atoms with Crippen molar-refractivity contribution in [3.05, 3.63) is 88.2 Å². The van der Waals surface area contributed by atoms with E-state index in [0.717, 1.165) is 9.79 Å². The summed E-state index contributed by atoms with van der Waals surface area (Å²) < 4.78 is 13.4. The highest BCUT2D eigenvalue weighted by Gasteiger charge is 2.28. The van der Waals surface area contributed by atoms with Gasteiger partial charge in [0.05, 0.1) is 23.8 Å². The Morgan fingerprint density at radius 2 is 1.86 bits per heavy atom. The van der Waals surface area contributed by atoms with Crippen LogP contribution in [0, 0.1) is 5.82 Å². The van der Waals surface area contributed by atoms with Gasteiger partial charge >= 0.3 is 0 Å². The number of hydrogen-bond donors (Lipinski definition) is 0. The van der Waals surface area contributed by atoms with Gasteiger partial charge in [-0.25, -0.2) is 4.39 Å². The Morgan fingerprint density at radius 1 is 1.07 bits per heavy atom. The van der Waals surface area contributed by atoms with Gasteiger partial charge in [-0.2, -0.15) is 0 Å². The molecule has 0 spiro atoms. The molecule has 0 unspecified atom stereocenters. The van der Waals surface area contributed by atoms with Gasteiger partial charge in [-0.15, -0.1) is 0 Å². The molecule has 0 aliphatic carbocycles. The van der Waals surface area contributed by atoms with Crippen molar-refractivity contribution in [2.45, 2.75) is 16.3 Å². The van der Waals surface area contributed by atoms with E-state index in [-0.39, 0.29) is 23.0 Å². The van der Waals surface area contributed by atoms with Gasteiger partial charge in [0.2, 0.25) is 0 Å². The molecule has 28 heavy (non-hydrogen) atoms. The van der Waals surface area contributed by atoms with Crippen molar-refractivity contribution in [3.8, 4) is 0 Å². The summed E-state index contributed by atoms with van der Waals surface area (Å²) in [6.07, 6.45) is 0. The lowest BCUT2D eigenvalue weighted by Gasteiger charge is -2.24. The number of halogens is 2. The first-order valence-electron chi connectivity index (χ1n) is 8.32. The molecule has 0 saturated heterocycles. The number of aromatic carboxylic acids is 1. The zero-order valence-electron chi connectivity index (χ0n) is 14.3. The number of amides is 1. The van der Waals surface area contributed by atoms with Gasteiger partial charge in [0.25, 0.3) is 5.91 Å². The van der Waals surface area contributed by atoms with E-state index < -0.39 is 11.8 Å². The molecule has 0 N–H and O–H groups in total. The highest BCUT2D eigenvalue weighted by atomic mass is 35.5. The first kappa shape index (κ1) is 18.5. The molecule has 0 aromatic heterocycles. The molecule has 4 rings (SSSR count). The van der Waals surface area contributed by atoms with Gasteiger partial charge in [-0.1, -0.05) is 47.6 Å². The minimum Gasteiger partial charge on any atom is -0.545 e. The summed E-state index contributed by atoms with van der Waals surface area (Å²) in [7, 11) is 0. The van der Waals surface area contributed by atoms with Crippen molar-refractivity contribution in [1.82, 2.24) is 0 Å². The number of rotatable bonds is 3. The average Bonchev–Trinajstić information content (AvgIpc) is 2.78. The second-order valence-corrected chi connectivity index (χ2v) is 7.69. The summed E-state index contributed by atoms with van der Waals surface area (Å²) in [5.74, 6) is -2.10. The molecule has 1 aliphatic rings. The fraction of sp³-hybridized carbons (Fsp3) is 0.0476. The van der Waals surface area contributed by atoms with Crippen LogP contribution in [0.4, 0.5) is 10.1 Å². The third kappa shape index (κ3) is 3.37. The number of carboxylic acids is 1. The predicted molar refractivity (Wildman–Crippen MR) is 103 cm³/mol. The van der Waals surface area contributed by atoms with Crippen LogP contribution in [-0.4, -0.2) is 11.9 Å². The van der Waals surface area contributed by atoms with Crippen molar-refractivity contribution < 1.29 is 19.1 Å². The average molecular weight is 413 g/mol. The Hall–Kier alpha value is -2.83. The van der Waals surface area contributed by atoms with Crippen molar-refractivity contribution in [2.75, 3.05) is 4.90 Å². The maximum absolute atomic E-state index is 13.4. The van der Waals surface area contributed by atoms with Crippen molar-refractivity contribution >= 4 is 40.9 Å². The molecule has 3 aromatic rings. The fourth-order valence-corrected chi connectivity index (χ4v) is 4.31. The van der Waals surface area contributed by atoms with Gasteiger partial charge in [-0.05, 0) is 47.5 Å². The smallest absolute Gasteiger partial charge is 0.259 e. The van der Waals surface area contributed by atoms with Gasteiger partial charge in [-0.3, -0.25) is 4.79 Å². The summed E-state index contributed by atoms with van der Waals surface area (Å²) in [5, 5.41) is 11.5. The second kappa shape index (κ2) is 7.30. The van der Waals surface area contributed by atoms with E-state index in [9.17, 15) is 19.1 Å². The molecule has 0 bridgehead atoms. The van der Waals surface area contributed by atoms with Crippen LogP contribution < -0.4 is 10.0 Å². The van der Waals surface area contributed by atoms with E-state index in [4.69, 9.17) is 11.6 Å². The predicted octanol–water partition coefficient (Wildman–Crippen LogP) is 4.15. The molecular weight excluding hydrogens is 401 g/mol. The molecular formula is C21H12ClFNO3S-. The van der Waals surface area contributed by atoms with Crippen molar-refractivity contribution in [3.63, 3.8) is 0 Å². The number of benzene rings is 3. The first-order chi connectivity index (χ1) is 13.4. The Labute approximate surface area is 169 Å². The number of carboxylic acid groups (broad SMARTS) is 1. The van der Waals surface area contributed by atoms with Crippen molar-refractivity contribution in [2.24, 2.45) is 0 Å². The Kier molecular flexibility index (Phi) is 4.83. The molecule has 1 aliphatic heterocycles.